The molecule has 0 radical (unpaired) electrons. The number of carbonyl (C=O) groups excluding carboxylic acids is 1. The number of aliphatic hydroxyl groups excluding tert-OH is 1. The molecule has 1 rings (SSSR count). The number of ether oxygens (including phenoxy) is 1. The minimum atomic E-state index is -0.163. The molecule has 1 unspecified atom stereocenters. The van der Waals surface area contributed by atoms with Gasteiger partial charge in [-0.15, -0.1) is 0 Å². The number of nitrogens with zero attached hydrogens (tertiary/aromatic N) is 1. The molecule has 1 aliphatic rings. The Balaban J connectivity index is 2.49. The van der Waals surface area contributed by atoms with E-state index in [1.54, 1.807) is 0 Å². The number of methoxy groups -OCH3 is 1. The predicted molar refractivity (Wildman–Crippen MR) is 66.7 cm³/mol. The van der Waals surface area contributed by atoms with Gasteiger partial charge in [0.25, 0.3) is 0 Å². The Labute approximate surface area is 104 Å². The van der Waals surface area contributed by atoms with Gasteiger partial charge in [0, 0.05) is 19.1 Å². The van der Waals surface area contributed by atoms with Crippen LogP contribution in [0.15, 0.2) is 0 Å². The molecule has 17 heavy (non-hydrogen) atoms. The van der Waals surface area contributed by atoms with E-state index in [0.717, 1.165) is 0 Å². The second-order valence-corrected chi connectivity index (χ2v) is 4.93. The molecule has 0 amide bonds. The maximum absolute atomic E-state index is 11.4. The molecule has 4 nitrogen and oxygen atoms in total. The summed E-state index contributed by atoms with van der Waals surface area (Å²) in [6.45, 7) is 3.40. The lowest BCUT2D eigenvalue weighted by Gasteiger charge is -2.35. The summed E-state index contributed by atoms with van der Waals surface area (Å²) in [5.41, 5.74) is 0. The summed E-state index contributed by atoms with van der Waals surface area (Å²) in [7, 11) is 1.43. The van der Waals surface area contributed by atoms with E-state index in [9.17, 15) is 4.79 Å². The summed E-state index contributed by atoms with van der Waals surface area (Å²) in [5, 5.41) is 9.12. The number of rotatable bonds is 6. The van der Waals surface area contributed by atoms with Crippen molar-refractivity contribution in [3.05, 3.63) is 0 Å². The van der Waals surface area contributed by atoms with Crippen molar-refractivity contribution < 1.29 is 14.6 Å². The Morgan fingerprint density at radius 2 is 2.06 bits per heavy atom. The molecule has 0 aromatic carbocycles. The van der Waals surface area contributed by atoms with Crippen molar-refractivity contribution in [2.24, 2.45) is 5.92 Å². The van der Waals surface area contributed by atoms with Crippen molar-refractivity contribution in [2.45, 2.75) is 45.1 Å². The molecule has 1 saturated carbocycles. The van der Waals surface area contributed by atoms with Crippen LogP contribution >= 0.6 is 0 Å². The van der Waals surface area contributed by atoms with Crippen molar-refractivity contribution in [1.29, 1.82) is 0 Å². The summed E-state index contributed by atoms with van der Waals surface area (Å²) >= 11 is 0. The largest absolute Gasteiger partial charge is 0.469 e. The fourth-order valence-corrected chi connectivity index (χ4v) is 2.63. The summed E-state index contributed by atoms with van der Waals surface area (Å²) in [5.74, 6) is -0.280. The summed E-state index contributed by atoms with van der Waals surface area (Å²) < 4.78 is 4.75. The van der Waals surface area contributed by atoms with Gasteiger partial charge < -0.3 is 9.84 Å². The van der Waals surface area contributed by atoms with Crippen LogP contribution in [0.5, 0.6) is 0 Å². The highest BCUT2D eigenvalue weighted by atomic mass is 16.5. The van der Waals surface area contributed by atoms with Gasteiger partial charge >= 0.3 is 5.97 Å². The van der Waals surface area contributed by atoms with Gasteiger partial charge in [-0.2, -0.15) is 0 Å². The van der Waals surface area contributed by atoms with Crippen LogP contribution in [-0.2, 0) is 9.53 Å². The fraction of sp³-hybridized carbons (Fsp3) is 0.923. The number of hydrogen-bond donors (Lipinski definition) is 1. The smallest absolute Gasteiger partial charge is 0.309 e. The molecule has 100 valence electrons. The average Bonchev–Trinajstić information content (AvgIpc) is 2.38. The minimum absolute atomic E-state index is 0.117. The Morgan fingerprint density at radius 3 is 2.59 bits per heavy atom. The molecule has 4 heteroatoms. The summed E-state index contributed by atoms with van der Waals surface area (Å²) in [6.07, 6.45) is 6.22. The minimum Gasteiger partial charge on any atom is -0.469 e. The lowest BCUT2D eigenvalue weighted by atomic mass is 9.93. The third-order valence-electron chi connectivity index (χ3n) is 3.59. The first-order valence-corrected chi connectivity index (χ1v) is 6.61. The van der Waals surface area contributed by atoms with Gasteiger partial charge in [0.05, 0.1) is 19.6 Å². The van der Waals surface area contributed by atoms with E-state index in [-0.39, 0.29) is 18.5 Å². The third-order valence-corrected chi connectivity index (χ3v) is 3.59. The molecule has 1 aliphatic carbocycles. The summed E-state index contributed by atoms with van der Waals surface area (Å²) in [6, 6.07) is 0.531. The second kappa shape index (κ2) is 7.67. The maximum Gasteiger partial charge on any atom is 0.309 e. The van der Waals surface area contributed by atoms with Crippen LogP contribution < -0.4 is 0 Å². The SMILES string of the molecule is COC(=O)C(C)CN(CCO)C1CCCCC1. The fourth-order valence-electron chi connectivity index (χ4n) is 2.63. The first-order chi connectivity index (χ1) is 8.19. The quantitative estimate of drug-likeness (QED) is 0.717. The molecule has 0 aliphatic heterocycles. The topological polar surface area (TPSA) is 49.8 Å². The van der Waals surface area contributed by atoms with Crippen LogP contribution in [0.2, 0.25) is 0 Å². The predicted octanol–water partition coefficient (Wildman–Crippen LogP) is 1.42. The molecular formula is C13H25NO3. The Kier molecular flexibility index (Phi) is 6.52. The van der Waals surface area contributed by atoms with E-state index in [4.69, 9.17) is 9.84 Å². The maximum atomic E-state index is 11.4. The number of hydrogen-bond acceptors (Lipinski definition) is 4. The van der Waals surface area contributed by atoms with E-state index in [2.05, 4.69) is 4.90 Å². The molecule has 0 saturated heterocycles. The van der Waals surface area contributed by atoms with E-state index >= 15 is 0 Å². The van der Waals surface area contributed by atoms with Gasteiger partial charge in [-0.1, -0.05) is 26.2 Å². The van der Waals surface area contributed by atoms with E-state index in [1.165, 1.54) is 39.2 Å². The Bertz CT molecular complexity index is 227. The molecule has 1 N–H and O–H groups in total. The van der Waals surface area contributed by atoms with Gasteiger partial charge in [-0.25, -0.2) is 0 Å². The van der Waals surface area contributed by atoms with Gasteiger partial charge in [-0.05, 0) is 12.8 Å². The van der Waals surface area contributed by atoms with Crippen LogP contribution in [-0.4, -0.2) is 48.8 Å². The van der Waals surface area contributed by atoms with Gasteiger partial charge in [0.1, 0.15) is 0 Å². The molecule has 0 aromatic heterocycles. The molecule has 1 atom stereocenters. The van der Waals surface area contributed by atoms with Crippen LogP contribution in [0.25, 0.3) is 0 Å². The number of esters is 1. The molecule has 0 spiro atoms. The number of aliphatic hydroxyl groups is 1. The van der Waals surface area contributed by atoms with Crippen LogP contribution in [0.4, 0.5) is 0 Å². The highest BCUT2D eigenvalue weighted by molar-refractivity contribution is 5.72. The van der Waals surface area contributed by atoms with Crippen molar-refractivity contribution in [3.8, 4) is 0 Å². The van der Waals surface area contributed by atoms with Crippen molar-refractivity contribution in [1.82, 2.24) is 4.90 Å². The average molecular weight is 243 g/mol. The Morgan fingerprint density at radius 1 is 1.41 bits per heavy atom. The zero-order valence-electron chi connectivity index (χ0n) is 11.0. The van der Waals surface area contributed by atoms with Crippen molar-refractivity contribution in [3.63, 3.8) is 0 Å². The lowest BCUT2D eigenvalue weighted by molar-refractivity contribution is -0.145. The van der Waals surface area contributed by atoms with Gasteiger partial charge in [0.2, 0.25) is 0 Å². The normalized spacial score (nSPS) is 19.3. The highest BCUT2D eigenvalue weighted by Crippen LogP contribution is 2.23. The van der Waals surface area contributed by atoms with Crippen LogP contribution in [0.1, 0.15) is 39.0 Å². The first kappa shape index (κ1) is 14.5. The van der Waals surface area contributed by atoms with Gasteiger partial charge in [0.15, 0.2) is 0 Å². The number of carbonyl (C=O) groups is 1. The Hall–Kier alpha value is -0.610. The molecule has 1 fully saturated rings. The van der Waals surface area contributed by atoms with Gasteiger partial charge in [-0.3, -0.25) is 9.69 Å². The standard InChI is InChI=1S/C13H25NO3/c1-11(13(16)17-2)10-14(8-9-15)12-6-4-3-5-7-12/h11-12,15H,3-10H2,1-2H3. The zero-order chi connectivity index (χ0) is 12.7. The van der Waals surface area contributed by atoms with Crippen molar-refractivity contribution >= 4 is 5.97 Å². The van der Waals surface area contributed by atoms with E-state index < -0.39 is 0 Å². The molecular weight excluding hydrogens is 218 g/mol. The van der Waals surface area contributed by atoms with Crippen molar-refractivity contribution in [2.75, 3.05) is 26.8 Å². The molecule has 0 aromatic rings. The molecule has 0 bridgehead atoms. The van der Waals surface area contributed by atoms with Crippen LogP contribution in [0, 0.1) is 5.92 Å². The lowest BCUT2D eigenvalue weighted by Crippen LogP contribution is -2.42. The monoisotopic (exact) mass is 243 g/mol. The first-order valence-electron chi connectivity index (χ1n) is 6.61. The zero-order valence-corrected chi connectivity index (χ0v) is 11.0. The molecule has 0 heterocycles. The van der Waals surface area contributed by atoms with E-state index in [0.29, 0.717) is 19.1 Å². The second-order valence-electron chi connectivity index (χ2n) is 4.93. The third kappa shape index (κ3) is 4.64. The highest BCUT2D eigenvalue weighted by Gasteiger charge is 2.24. The summed E-state index contributed by atoms with van der Waals surface area (Å²) in [4.78, 5) is 13.7. The van der Waals surface area contributed by atoms with E-state index in [1.807, 2.05) is 6.92 Å². The van der Waals surface area contributed by atoms with Crippen LogP contribution in [0.3, 0.4) is 0 Å².